The first-order chi connectivity index (χ1) is 12.8. The fourth-order valence-electron chi connectivity index (χ4n) is 2.58. The maximum atomic E-state index is 5.92. The molecular formula is C19H16ClN5S. The van der Waals surface area contributed by atoms with Gasteiger partial charge < -0.3 is 4.57 Å². The highest BCUT2D eigenvalue weighted by Crippen LogP contribution is 2.23. The summed E-state index contributed by atoms with van der Waals surface area (Å²) in [4.78, 5) is 9.00. The van der Waals surface area contributed by atoms with Gasteiger partial charge in [0.1, 0.15) is 5.82 Å². The number of aromatic amines is 1. The van der Waals surface area contributed by atoms with E-state index in [4.69, 9.17) is 11.6 Å². The maximum absolute atomic E-state index is 5.92. The molecule has 0 atom stereocenters. The topological polar surface area (TPSA) is 59.4 Å². The number of H-pyrrole nitrogens is 1. The third-order valence-corrected chi connectivity index (χ3v) is 5.01. The summed E-state index contributed by atoms with van der Waals surface area (Å²) in [5, 5.41) is 8.66. The lowest BCUT2D eigenvalue weighted by Gasteiger charge is -2.07. The third kappa shape index (κ3) is 3.98. The third-order valence-electron chi connectivity index (χ3n) is 3.91. The minimum atomic E-state index is 0.698. The molecule has 2 aromatic carbocycles. The van der Waals surface area contributed by atoms with Crippen LogP contribution in [-0.4, -0.2) is 24.7 Å². The molecule has 0 radical (unpaired) electrons. The number of hydrogen-bond acceptors (Lipinski definition) is 4. The Bertz CT molecular complexity index is 979. The van der Waals surface area contributed by atoms with Gasteiger partial charge in [-0.05, 0) is 29.8 Å². The van der Waals surface area contributed by atoms with Crippen LogP contribution >= 0.6 is 23.4 Å². The van der Waals surface area contributed by atoms with Gasteiger partial charge in [-0.15, -0.1) is 5.10 Å². The molecule has 0 aliphatic heterocycles. The molecule has 1 N–H and O–H groups in total. The van der Waals surface area contributed by atoms with Gasteiger partial charge in [0, 0.05) is 29.5 Å². The lowest BCUT2D eigenvalue weighted by atomic mass is 10.2. The van der Waals surface area contributed by atoms with Crippen LogP contribution in [0.5, 0.6) is 0 Å². The minimum absolute atomic E-state index is 0.698. The van der Waals surface area contributed by atoms with Crippen LogP contribution in [0.2, 0.25) is 5.02 Å². The van der Waals surface area contributed by atoms with E-state index < -0.39 is 0 Å². The zero-order chi connectivity index (χ0) is 17.8. The Morgan fingerprint density at radius 2 is 1.85 bits per heavy atom. The van der Waals surface area contributed by atoms with E-state index in [1.54, 1.807) is 11.8 Å². The van der Waals surface area contributed by atoms with Crippen LogP contribution in [0.3, 0.4) is 0 Å². The molecule has 0 bridgehead atoms. The Hall–Kier alpha value is -2.57. The fourth-order valence-corrected chi connectivity index (χ4v) is 3.47. The quantitative estimate of drug-likeness (QED) is 0.493. The highest BCUT2D eigenvalue weighted by Gasteiger charge is 2.09. The Labute approximate surface area is 160 Å². The van der Waals surface area contributed by atoms with Crippen molar-refractivity contribution in [1.29, 1.82) is 0 Å². The van der Waals surface area contributed by atoms with Crippen LogP contribution in [0, 0.1) is 0 Å². The van der Waals surface area contributed by atoms with Crippen molar-refractivity contribution in [2.24, 2.45) is 0 Å². The van der Waals surface area contributed by atoms with Gasteiger partial charge in [-0.3, -0.25) is 5.10 Å². The molecule has 0 spiro atoms. The summed E-state index contributed by atoms with van der Waals surface area (Å²) in [7, 11) is 0. The average molecular weight is 382 g/mol. The molecule has 4 aromatic rings. The van der Waals surface area contributed by atoms with Crippen LogP contribution in [0.25, 0.3) is 11.4 Å². The molecular weight excluding hydrogens is 366 g/mol. The molecule has 0 amide bonds. The Morgan fingerprint density at radius 1 is 1.04 bits per heavy atom. The molecule has 0 saturated heterocycles. The summed E-state index contributed by atoms with van der Waals surface area (Å²) in [6.45, 7) is 0.806. The number of nitrogens with zero attached hydrogens (tertiary/aromatic N) is 4. The molecule has 2 aromatic heterocycles. The Kier molecular flexibility index (Phi) is 5.04. The SMILES string of the molecule is Clc1ccc(-c2nc(SCc3nccn3Cc3ccccc3)n[nH]2)cc1. The van der Waals surface area contributed by atoms with E-state index in [0.29, 0.717) is 15.9 Å². The van der Waals surface area contributed by atoms with Crippen LogP contribution in [0.15, 0.2) is 72.1 Å². The van der Waals surface area contributed by atoms with Gasteiger partial charge in [-0.2, -0.15) is 0 Å². The standard InChI is InChI=1S/C19H16ClN5S/c20-16-8-6-15(7-9-16)18-22-19(24-23-18)26-13-17-21-10-11-25(17)12-14-4-2-1-3-5-14/h1-11H,12-13H2,(H,22,23,24). The highest BCUT2D eigenvalue weighted by molar-refractivity contribution is 7.98. The molecule has 7 heteroatoms. The molecule has 4 rings (SSSR count). The summed E-state index contributed by atoms with van der Waals surface area (Å²) in [5.41, 5.74) is 2.21. The maximum Gasteiger partial charge on any atom is 0.209 e. The predicted octanol–water partition coefficient (Wildman–Crippen LogP) is 4.66. The van der Waals surface area contributed by atoms with E-state index in [9.17, 15) is 0 Å². The second-order valence-electron chi connectivity index (χ2n) is 5.72. The number of thioether (sulfide) groups is 1. The summed E-state index contributed by atoms with van der Waals surface area (Å²) in [6, 6.07) is 17.9. The summed E-state index contributed by atoms with van der Waals surface area (Å²) in [6.07, 6.45) is 3.83. The Balaban J connectivity index is 1.42. The number of halogens is 1. The van der Waals surface area contributed by atoms with Crippen LogP contribution in [0.1, 0.15) is 11.4 Å². The second-order valence-corrected chi connectivity index (χ2v) is 7.10. The first-order valence-corrected chi connectivity index (χ1v) is 9.49. The molecule has 0 aliphatic rings. The van der Waals surface area contributed by atoms with E-state index in [2.05, 4.69) is 36.9 Å². The van der Waals surface area contributed by atoms with Crippen molar-refractivity contribution in [2.45, 2.75) is 17.5 Å². The smallest absolute Gasteiger partial charge is 0.209 e. The molecule has 0 aliphatic carbocycles. The highest BCUT2D eigenvalue weighted by atomic mass is 35.5. The monoisotopic (exact) mass is 381 g/mol. The van der Waals surface area contributed by atoms with E-state index in [-0.39, 0.29) is 0 Å². The van der Waals surface area contributed by atoms with Gasteiger partial charge >= 0.3 is 0 Å². The largest absolute Gasteiger partial charge is 0.330 e. The van der Waals surface area contributed by atoms with Crippen molar-refractivity contribution in [3.63, 3.8) is 0 Å². The van der Waals surface area contributed by atoms with E-state index in [1.165, 1.54) is 5.56 Å². The summed E-state index contributed by atoms with van der Waals surface area (Å²) < 4.78 is 2.15. The van der Waals surface area contributed by atoms with Gasteiger partial charge in [-0.25, -0.2) is 9.97 Å². The summed E-state index contributed by atoms with van der Waals surface area (Å²) >= 11 is 7.48. The number of benzene rings is 2. The lowest BCUT2D eigenvalue weighted by Crippen LogP contribution is -2.03. The zero-order valence-electron chi connectivity index (χ0n) is 13.8. The van der Waals surface area contributed by atoms with Crippen LogP contribution < -0.4 is 0 Å². The van der Waals surface area contributed by atoms with E-state index >= 15 is 0 Å². The molecule has 5 nitrogen and oxygen atoms in total. The van der Waals surface area contributed by atoms with Crippen LogP contribution in [-0.2, 0) is 12.3 Å². The first kappa shape index (κ1) is 16.9. The number of nitrogens with one attached hydrogen (secondary N) is 1. The normalized spacial score (nSPS) is 11.0. The molecule has 130 valence electrons. The van der Waals surface area contributed by atoms with Crippen molar-refractivity contribution >= 4 is 23.4 Å². The Morgan fingerprint density at radius 3 is 2.65 bits per heavy atom. The predicted molar refractivity (Wildman–Crippen MR) is 104 cm³/mol. The zero-order valence-corrected chi connectivity index (χ0v) is 15.4. The number of aromatic nitrogens is 5. The van der Waals surface area contributed by atoms with Crippen molar-refractivity contribution in [3.8, 4) is 11.4 Å². The average Bonchev–Trinajstić information content (AvgIpc) is 3.31. The fraction of sp³-hybridized carbons (Fsp3) is 0.105. The molecule has 26 heavy (non-hydrogen) atoms. The van der Waals surface area contributed by atoms with Gasteiger partial charge in [0.15, 0.2) is 5.82 Å². The van der Waals surface area contributed by atoms with Gasteiger partial charge in [0.25, 0.3) is 0 Å². The first-order valence-electron chi connectivity index (χ1n) is 8.13. The van der Waals surface area contributed by atoms with E-state index in [0.717, 1.165) is 23.8 Å². The van der Waals surface area contributed by atoms with Gasteiger partial charge in [-0.1, -0.05) is 53.7 Å². The summed E-state index contributed by atoms with van der Waals surface area (Å²) in [5.74, 6) is 2.44. The molecule has 0 fully saturated rings. The van der Waals surface area contributed by atoms with Crippen molar-refractivity contribution < 1.29 is 0 Å². The second kappa shape index (κ2) is 7.76. The van der Waals surface area contributed by atoms with Crippen molar-refractivity contribution in [3.05, 3.63) is 83.4 Å². The molecule has 2 heterocycles. The van der Waals surface area contributed by atoms with E-state index in [1.807, 2.05) is 54.9 Å². The van der Waals surface area contributed by atoms with Gasteiger partial charge in [0.05, 0.1) is 5.75 Å². The van der Waals surface area contributed by atoms with Crippen LogP contribution in [0.4, 0.5) is 0 Å². The van der Waals surface area contributed by atoms with Crippen molar-refractivity contribution in [2.75, 3.05) is 0 Å². The van der Waals surface area contributed by atoms with Gasteiger partial charge in [0.2, 0.25) is 5.16 Å². The lowest BCUT2D eigenvalue weighted by molar-refractivity contribution is 0.756. The number of hydrogen-bond donors (Lipinski definition) is 1. The minimum Gasteiger partial charge on any atom is -0.330 e. The number of imidazole rings is 1. The number of rotatable bonds is 6. The van der Waals surface area contributed by atoms with Crippen molar-refractivity contribution in [1.82, 2.24) is 24.7 Å². The molecule has 0 saturated carbocycles. The molecule has 0 unspecified atom stereocenters.